The summed E-state index contributed by atoms with van der Waals surface area (Å²) in [6.07, 6.45) is 3.40. The van der Waals surface area contributed by atoms with Gasteiger partial charge >= 0.3 is 0 Å². The minimum absolute atomic E-state index is 0.0167. The number of carbonyl (C=O) groups is 1. The molecule has 2 heterocycles. The van der Waals surface area contributed by atoms with Gasteiger partial charge < -0.3 is 9.80 Å². The summed E-state index contributed by atoms with van der Waals surface area (Å²) in [6, 6.07) is 16.0. The van der Waals surface area contributed by atoms with E-state index in [-0.39, 0.29) is 5.91 Å². The number of piperazine rings is 1. The first-order valence-electron chi connectivity index (χ1n) is 9.86. The van der Waals surface area contributed by atoms with Gasteiger partial charge in [0.1, 0.15) is 5.82 Å². The molecule has 0 saturated carbocycles. The van der Waals surface area contributed by atoms with Crippen molar-refractivity contribution < 1.29 is 4.79 Å². The highest BCUT2D eigenvalue weighted by Crippen LogP contribution is 2.25. The number of aromatic nitrogens is 1. The van der Waals surface area contributed by atoms with E-state index in [0.29, 0.717) is 18.1 Å². The maximum atomic E-state index is 12.6. The minimum Gasteiger partial charge on any atom is -0.353 e. The second-order valence-corrected chi connectivity index (χ2v) is 7.84. The molecule has 29 heavy (non-hydrogen) atoms. The summed E-state index contributed by atoms with van der Waals surface area (Å²) >= 11 is 6.16. The van der Waals surface area contributed by atoms with Crippen molar-refractivity contribution >= 4 is 40.3 Å². The molecule has 0 atom stereocenters. The van der Waals surface area contributed by atoms with Gasteiger partial charge in [0.25, 0.3) is 0 Å². The smallest absolute Gasteiger partial charge is 0.246 e. The van der Waals surface area contributed by atoms with E-state index in [4.69, 9.17) is 16.6 Å². The van der Waals surface area contributed by atoms with Crippen molar-refractivity contribution in [3.05, 3.63) is 76.3 Å². The first-order valence-corrected chi connectivity index (χ1v) is 10.2. The van der Waals surface area contributed by atoms with Crippen molar-refractivity contribution in [2.24, 2.45) is 0 Å². The molecule has 5 heteroatoms. The van der Waals surface area contributed by atoms with Crippen LogP contribution in [0.15, 0.2) is 54.6 Å². The van der Waals surface area contributed by atoms with Crippen molar-refractivity contribution in [1.82, 2.24) is 9.88 Å². The molecular weight excluding hydrogens is 382 g/mol. The quantitative estimate of drug-likeness (QED) is 0.583. The highest BCUT2D eigenvalue weighted by Gasteiger charge is 2.21. The van der Waals surface area contributed by atoms with Gasteiger partial charge in [-0.25, -0.2) is 4.98 Å². The van der Waals surface area contributed by atoms with Gasteiger partial charge in [-0.05, 0) is 48.7 Å². The van der Waals surface area contributed by atoms with Crippen LogP contribution >= 0.6 is 11.6 Å². The van der Waals surface area contributed by atoms with E-state index in [0.717, 1.165) is 30.0 Å². The van der Waals surface area contributed by atoms with Crippen LogP contribution in [-0.2, 0) is 4.79 Å². The SMILES string of the molecule is Cc1cc(N2CCN(C(=O)/C=C/c3ccccc3Cl)CC2)nc2c(C)cccc12. The fourth-order valence-corrected chi connectivity index (χ4v) is 3.94. The highest BCUT2D eigenvalue weighted by atomic mass is 35.5. The van der Waals surface area contributed by atoms with Crippen molar-refractivity contribution in [3.8, 4) is 0 Å². The number of amides is 1. The average Bonchev–Trinajstić information content (AvgIpc) is 2.74. The maximum absolute atomic E-state index is 12.6. The molecule has 148 valence electrons. The largest absolute Gasteiger partial charge is 0.353 e. The Bertz CT molecular complexity index is 1080. The van der Waals surface area contributed by atoms with E-state index in [1.54, 1.807) is 12.2 Å². The molecule has 0 unspecified atom stereocenters. The molecule has 4 rings (SSSR count). The van der Waals surface area contributed by atoms with Crippen LogP contribution in [0.5, 0.6) is 0 Å². The fraction of sp³-hybridized carbons (Fsp3) is 0.250. The van der Waals surface area contributed by atoms with Crippen LogP contribution in [0.1, 0.15) is 16.7 Å². The number of anilines is 1. The number of rotatable bonds is 3. The van der Waals surface area contributed by atoms with Crippen LogP contribution in [0.25, 0.3) is 17.0 Å². The average molecular weight is 406 g/mol. The zero-order chi connectivity index (χ0) is 20.4. The Hall–Kier alpha value is -2.85. The third-order valence-corrected chi connectivity index (χ3v) is 5.80. The molecule has 0 N–H and O–H groups in total. The molecule has 0 spiro atoms. The Labute approximate surface area is 176 Å². The summed E-state index contributed by atoms with van der Waals surface area (Å²) in [6.45, 7) is 7.13. The summed E-state index contributed by atoms with van der Waals surface area (Å²) in [7, 11) is 0. The minimum atomic E-state index is 0.0167. The van der Waals surface area contributed by atoms with E-state index in [1.807, 2.05) is 29.2 Å². The van der Waals surface area contributed by atoms with Gasteiger partial charge in [-0.1, -0.05) is 48.0 Å². The molecule has 4 nitrogen and oxygen atoms in total. The van der Waals surface area contributed by atoms with Crippen LogP contribution in [0.3, 0.4) is 0 Å². The lowest BCUT2D eigenvalue weighted by atomic mass is 10.1. The molecule has 1 aliphatic heterocycles. The number of fused-ring (bicyclic) bond motifs is 1. The summed E-state index contributed by atoms with van der Waals surface area (Å²) in [5, 5.41) is 1.85. The Morgan fingerprint density at radius 2 is 1.76 bits per heavy atom. The van der Waals surface area contributed by atoms with Gasteiger partial charge in [-0.3, -0.25) is 4.79 Å². The van der Waals surface area contributed by atoms with E-state index in [1.165, 1.54) is 16.5 Å². The second kappa shape index (κ2) is 8.26. The molecular formula is C24H24ClN3O. The molecule has 3 aromatic rings. The van der Waals surface area contributed by atoms with Gasteiger partial charge in [0.2, 0.25) is 5.91 Å². The summed E-state index contributed by atoms with van der Waals surface area (Å²) < 4.78 is 0. The third-order valence-electron chi connectivity index (χ3n) is 5.46. The molecule has 1 amide bonds. The topological polar surface area (TPSA) is 36.4 Å². The Morgan fingerprint density at radius 3 is 2.52 bits per heavy atom. The first kappa shape index (κ1) is 19.5. The molecule has 1 aromatic heterocycles. The number of hydrogen-bond acceptors (Lipinski definition) is 3. The fourth-order valence-electron chi connectivity index (χ4n) is 3.74. The molecule has 2 aromatic carbocycles. The number of halogens is 1. The predicted octanol–water partition coefficient (Wildman–Crippen LogP) is 4.87. The van der Waals surface area contributed by atoms with Gasteiger partial charge in [0, 0.05) is 42.7 Å². The number of benzene rings is 2. The Kier molecular flexibility index (Phi) is 5.54. The number of carbonyl (C=O) groups excluding carboxylic acids is 1. The lowest BCUT2D eigenvalue weighted by molar-refractivity contribution is -0.126. The monoisotopic (exact) mass is 405 g/mol. The standard InChI is InChI=1S/C24H24ClN3O/c1-17-6-5-8-20-18(2)16-22(26-24(17)20)27-12-14-28(15-13-27)23(29)11-10-19-7-3-4-9-21(19)25/h3-11,16H,12-15H2,1-2H3/b11-10+. The Morgan fingerprint density at radius 1 is 1.00 bits per heavy atom. The number of nitrogens with zero attached hydrogens (tertiary/aromatic N) is 3. The van der Waals surface area contributed by atoms with E-state index >= 15 is 0 Å². The summed E-state index contributed by atoms with van der Waals surface area (Å²) in [4.78, 5) is 21.6. The third kappa shape index (κ3) is 4.13. The van der Waals surface area contributed by atoms with Gasteiger partial charge in [-0.2, -0.15) is 0 Å². The van der Waals surface area contributed by atoms with Gasteiger partial charge in [-0.15, -0.1) is 0 Å². The lowest BCUT2D eigenvalue weighted by Crippen LogP contribution is -2.48. The van der Waals surface area contributed by atoms with Crippen molar-refractivity contribution in [3.63, 3.8) is 0 Å². The molecule has 1 aliphatic rings. The van der Waals surface area contributed by atoms with Crippen molar-refractivity contribution in [2.45, 2.75) is 13.8 Å². The van der Waals surface area contributed by atoms with E-state index < -0.39 is 0 Å². The molecule has 0 radical (unpaired) electrons. The number of aryl methyl sites for hydroxylation is 2. The molecule has 1 saturated heterocycles. The Balaban J connectivity index is 1.44. The van der Waals surface area contributed by atoms with Gasteiger partial charge in [0.15, 0.2) is 0 Å². The van der Waals surface area contributed by atoms with Crippen molar-refractivity contribution in [2.75, 3.05) is 31.1 Å². The number of para-hydroxylation sites is 1. The van der Waals surface area contributed by atoms with Crippen LogP contribution in [0.4, 0.5) is 5.82 Å². The first-order chi connectivity index (χ1) is 14.0. The molecule has 0 aliphatic carbocycles. The summed E-state index contributed by atoms with van der Waals surface area (Å²) in [5.41, 5.74) is 4.33. The normalized spacial score (nSPS) is 14.7. The van der Waals surface area contributed by atoms with Crippen LogP contribution in [0.2, 0.25) is 5.02 Å². The molecule has 0 bridgehead atoms. The molecule has 1 fully saturated rings. The maximum Gasteiger partial charge on any atom is 0.246 e. The predicted molar refractivity (Wildman–Crippen MR) is 120 cm³/mol. The number of pyridine rings is 1. The second-order valence-electron chi connectivity index (χ2n) is 7.44. The van der Waals surface area contributed by atoms with Crippen molar-refractivity contribution in [1.29, 1.82) is 0 Å². The van der Waals surface area contributed by atoms with Gasteiger partial charge in [0.05, 0.1) is 5.52 Å². The number of hydrogen-bond donors (Lipinski definition) is 0. The lowest BCUT2D eigenvalue weighted by Gasteiger charge is -2.35. The van der Waals surface area contributed by atoms with Crippen LogP contribution in [-0.4, -0.2) is 42.0 Å². The van der Waals surface area contributed by atoms with Crippen LogP contribution < -0.4 is 4.90 Å². The van der Waals surface area contributed by atoms with Crippen LogP contribution in [0, 0.1) is 13.8 Å². The summed E-state index contributed by atoms with van der Waals surface area (Å²) in [5.74, 6) is 1.01. The van der Waals surface area contributed by atoms with E-state index in [2.05, 4.69) is 43.0 Å². The zero-order valence-corrected chi connectivity index (χ0v) is 17.5. The van der Waals surface area contributed by atoms with E-state index in [9.17, 15) is 4.79 Å². The highest BCUT2D eigenvalue weighted by molar-refractivity contribution is 6.32. The zero-order valence-electron chi connectivity index (χ0n) is 16.7.